The molecule has 0 unspecified atom stereocenters. The van der Waals surface area contributed by atoms with Crippen LogP contribution in [0.2, 0.25) is 0 Å². The van der Waals surface area contributed by atoms with Crippen molar-refractivity contribution in [1.29, 1.82) is 0 Å². The van der Waals surface area contributed by atoms with Crippen LogP contribution in [-0.4, -0.2) is 18.4 Å². The van der Waals surface area contributed by atoms with Crippen LogP contribution in [0, 0.1) is 6.92 Å². The van der Waals surface area contributed by atoms with Gasteiger partial charge in [-0.25, -0.2) is 0 Å². The maximum Gasteiger partial charge on any atom is 0.303 e. The van der Waals surface area contributed by atoms with Crippen molar-refractivity contribution in [2.24, 2.45) is 0 Å². The smallest absolute Gasteiger partial charge is 0.303 e. The zero-order chi connectivity index (χ0) is 11.4. The summed E-state index contributed by atoms with van der Waals surface area (Å²) in [6.07, 6.45) is 0. The molecule has 0 aromatic heterocycles. The first-order valence-corrected chi connectivity index (χ1v) is 5.22. The van der Waals surface area contributed by atoms with Crippen molar-refractivity contribution >= 4 is 27.7 Å². The Balaban J connectivity index is 2.74. The molecule has 0 fully saturated rings. The number of ether oxygens (including phenoxy) is 1. The molecule has 0 aliphatic rings. The quantitative estimate of drug-likeness (QED) is 0.626. The fraction of sp³-hybridized carbons (Fsp3) is 0.273. The molecule has 4 heteroatoms. The Morgan fingerprint density at radius 1 is 1.40 bits per heavy atom. The van der Waals surface area contributed by atoms with E-state index in [1.165, 1.54) is 6.92 Å². The number of rotatable bonds is 3. The molecule has 80 valence electrons. The van der Waals surface area contributed by atoms with Crippen LogP contribution in [-0.2, 0) is 9.53 Å². The summed E-state index contributed by atoms with van der Waals surface area (Å²) in [6.45, 7) is 3.01. The molecule has 0 amide bonds. The minimum absolute atomic E-state index is 0.203. The highest BCUT2D eigenvalue weighted by molar-refractivity contribution is 9.10. The van der Waals surface area contributed by atoms with Crippen LogP contribution >= 0.6 is 15.9 Å². The second-order valence-electron chi connectivity index (χ2n) is 3.17. The van der Waals surface area contributed by atoms with E-state index in [-0.39, 0.29) is 12.4 Å². The van der Waals surface area contributed by atoms with E-state index in [2.05, 4.69) is 20.7 Å². The molecule has 0 aliphatic heterocycles. The predicted molar refractivity (Wildman–Crippen MR) is 59.8 cm³/mol. The number of carbonyl (C=O) groups is 2. The van der Waals surface area contributed by atoms with Crippen molar-refractivity contribution < 1.29 is 14.3 Å². The standard InChI is InChI=1S/C11H11BrO3/c1-7-3-4-9(5-10(7)12)11(14)6-15-8(2)13/h3-5H,6H2,1-2H3. The number of Topliss-reactive ketones (excluding diaryl/α,β-unsaturated/α-hetero) is 1. The Kier molecular flexibility index (Phi) is 4.03. The molecule has 3 nitrogen and oxygen atoms in total. The van der Waals surface area contributed by atoms with Crippen LogP contribution in [0.5, 0.6) is 0 Å². The molecule has 0 spiro atoms. The second-order valence-corrected chi connectivity index (χ2v) is 4.02. The van der Waals surface area contributed by atoms with Gasteiger partial charge in [0.05, 0.1) is 0 Å². The molecule has 0 N–H and O–H groups in total. The summed E-state index contributed by atoms with van der Waals surface area (Å²) < 4.78 is 5.50. The van der Waals surface area contributed by atoms with Gasteiger partial charge in [0, 0.05) is 17.0 Å². The highest BCUT2D eigenvalue weighted by atomic mass is 79.9. The van der Waals surface area contributed by atoms with Crippen LogP contribution in [0.25, 0.3) is 0 Å². The van der Waals surface area contributed by atoms with E-state index in [1.807, 2.05) is 13.0 Å². The third-order valence-electron chi connectivity index (χ3n) is 1.90. The van der Waals surface area contributed by atoms with Gasteiger partial charge in [0.25, 0.3) is 0 Å². The Morgan fingerprint density at radius 2 is 2.07 bits per heavy atom. The van der Waals surface area contributed by atoms with Crippen LogP contribution in [0.4, 0.5) is 0 Å². The second kappa shape index (κ2) is 5.07. The molecular formula is C11H11BrO3. The van der Waals surface area contributed by atoms with Crippen LogP contribution in [0.3, 0.4) is 0 Å². The van der Waals surface area contributed by atoms with Gasteiger partial charge in [-0.05, 0) is 18.6 Å². The average molecular weight is 271 g/mol. The third kappa shape index (κ3) is 3.47. The molecule has 0 saturated carbocycles. The summed E-state index contributed by atoms with van der Waals surface area (Å²) in [5.41, 5.74) is 1.59. The number of aryl methyl sites for hydroxylation is 1. The molecule has 0 radical (unpaired) electrons. The molecule has 0 bridgehead atoms. The minimum Gasteiger partial charge on any atom is -0.457 e. The molecule has 0 heterocycles. The van der Waals surface area contributed by atoms with E-state index in [0.29, 0.717) is 5.56 Å². The summed E-state index contributed by atoms with van der Waals surface area (Å²) >= 11 is 3.33. The summed E-state index contributed by atoms with van der Waals surface area (Å²) in [6, 6.07) is 5.28. The lowest BCUT2D eigenvalue weighted by atomic mass is 10.1. The first-order valence-electron chi connectivity index (χ1n) is 4.43. The number of halogens is 1. The van der Waals surface area contributed by atoms with Gasteiger partial charge in [0.2, 0.25) is 0 Å². The predicted octanol–water partition coefficient (Wildman–Crippen LogP) is 2.50. The molecule has 1 aromatic carbocycles. The first-order chi connectivity index (χ1) is 7.00. The van der Waals surface area contributed by atoms with Gasteiger partial charge in [-0.2, -0.15) is 0 Å². The minimum atomic E-state index is -0.450. The molecule has 0 aliphatic carbocycles. The van der Waals surface area contributed by atoms with Crippen LogP contribution in [0.1, 0.15) is 22.8 Å². The number of benzene rings is 1. The topological polar surface area (TPSA) is 43.4 Å². The lowest BCUT2D eigenvalue weighted by molar-refractivity contribution is -0.139. The number of hydrogen-bond acceptors (Lipinski definition) is 3. The fourth-order valence-corrected chi connectivity index (χ4v) is 1.40. The SMILES string of the molecule is CC(=O)OCC(=O)c1ccc(C)c(Br)c1. The summed E-state index contributed by atoms with van der Waals surface area (Å²) in [4.78, 5) is 22.0. The number of esters is 1. The Morgan fingerprint density at radius 3 is 2.60 bits per heavy atom. The van der Waals surface area contributed by atoms with E-state index in [1.54, 1.807) is 12.1 Å². The normalized spacial score (nSPS) is 9.80. The lowest BCUT2D eigenvalue weighted by Crippen LogP contribution is -2.11. The lowest BCUT2D eigenvalue weighted by Gasteiger charge is -2.03. The van der Waals surface area contributed by atoms with Gasteiger partial charge in [-0.15, -0.1) is 0 Å². The largest absolute Gasteiger partial charge is 0.457 e. The van der Waals surface area contributed by atoms with E-state index in [0.717, 1.165) is 10.0 Å². The van der Waals surface area contributed by atoms with Gasteiger partial charge in [-0.3, -0.25) is 9.59 Å². The van der Waals surface area contributed by atoms with Crippen molar-refractivity contribution in [3.05, 3.63) is 33.8 Å². The highest BCUT2D eigenvalue weighted by Crippen LogP contribution is 2.17. The first kappa shape index (κ1) is 11.9. The van der Waals surface area contributed by atoms with Gasteiger partial charge >= 0.3 is 5.97 Å². The van der Waals surface area contributed by atoms with Crippen molar-refractivity contribution in [2.45, 2.75) is 13.8 Å². The van der Waals surface area contributed by atoms with Crippen molar-refractivity contribution in [2.75, 3.05) is 6.61 Å². The number of hydrogen-bond donors (Lipinski definition) is 0. The molecule has 1 aromatic rings. The average Bonchev–Trinajstić information content (AvgIpc) is 2.18. The fourth-order valence-electron chi connectivity index (χ4n) is 1.02. The zero-order valence-electron chi connectivity index (χ0n) is 8.54. The number of ketones is 1. The zero-order valence-corrected chi connectivity index (χ0v) is 10.1. The van der Waals surface area contributed by atoms with E-state index < -0.39 is 5.97 Å². The van der Waals surface area contributed by atoms with Gasteiger partial charge in [0.1, 0.15) is 0 Å². The third-order valence-corrected chi connectivity index (χ3v) is 2.75. The number of carbonyl (C=O) groups excluding carboxylic acids is 2. The van der Waals surface area contributed by atoms with Crippen molar-refractivity contribution in [1.82, 2.24) is 0 Å². The maximum absolute atomic E-state index is 11.5. The van der Waals surface area contributed by atoms with Crippen LogP contribution in [0.15, 0.2) is 22.7 Å². The Labute approximate surface area is 96.6 Å². The van der Waals surface area contributed by atoms with Gasteiger partial charge in [0.15, 0.2) is 12.4 Å². The molecule has 1 rings (SSSR count). The maximum atomic E-state index is 11.5. The molecule has 15 heavy (non-hydrogen) atoms. The Bertz CT molecular complexity index is 399. The monoisotopic (exact) mass is 270 g/mol. The van der Waals surface area contributed by atoms with Crippen LogP contribution < -0.4 is 0 Å². The van der Waals surface area contributed by atoms with E-state index in [4.69, 9.17) is 0 Å². The highest BCUT2D eigenvalue weighted by Gasteiger charge is 2.08. The van der Waals surface area contributed by atoms with Crippen molar-refractivity contribution in [3.63, 3.8) is 0 Å². The molecule has 0 saturated heterocycles. The molecular weight excluding hydrogens is 260 g/mol. The van der Waals surface area contributed by atoms with E-state index in [9.17, 15) is 9.59 Å². The Hall–Kier alpha value is -1.16. The molecule has 0 atom stereocenters. The summed E-state index contributed by atoms with van der Waals surface area (Å²) in [5, 5.41) is 0. The van der Waals surface area contributed by atoms with Crippen molar-refractivity contribution in [3.8, 4) is 0 Å². The van der Waals surface area contributed by atoms with E-state index >= 15 is 0 Å². The van der Waals surface area contributed by atoms with Gasteiger partial charge in [-0.1, -0.05) is 28.1 Å². The summed E-state index contributed by atoms with van der Waals surface area (Å²) in [5.74, 6) is -0.652. The van der Waals surface area contributed by atoms with Gasteiger partial charge < -0.3 is 4.74 Å². The summed E-state index contributed by atoms with van der Waals surface area (Å²) in [7, 11) is 0.